The summed E-state index contributed by atoms with van der Waals surface area (Å²) in [5.74, 6) is -0.0729. The van der Waals surface area contributed by atoms with Crippen LogP contribution in [-0.2, 0) is 18.3 Å². The predicted octanol–water partition coefficient (Wildman–Crippen LogP) is 2.45. The fourth-order valence-electron chi connectivity index (χ4n) is 3.60. The maximum atomic E-state index is 13.0. The maximum absolute atomic E-state index is 13.0. The molecular formula is C19H20FN5O. The highest BCUT2D eigenvalue weighted by Crippen LogP contribution is 2.30. The number of aryl methyl sites for hydroxylation is 1. The van der Waals surface area contributed by atoms with E-state index in [2.05, 4.69) is 15.1 Å². The molecule has 0 unspecified atom stereocenters. The zero-order valence-corrected chi connectivity index (χ0v) is 14.6. The van der Waals surface area contributed by atoms with Gasteiger partial charge < -0.3 is 4.90 Å². The molecule has 134 valence electrons. The second kappa shape index (κ2) is 6.82. The molecule has 0 radical (unpaired) electrons. The number of amides is 1. The van der Waals surface area contributed by atoms with E-state index in [0.717, 1.165) is 41.8 Å². The van der Waals surface area contributed by atoms with Gasteiger partial charge in [-0.1, -0.05) is 12.1 Å². The van der Waals surface area contributed by atoms with Crippen LogP contribution in [0.2, 0.25) is 0 Å². The molecule has 7 heteroatoms. The van der Waals surface area contributed by atoms with E-state index in [4.69, 9.17) is 0 Å². The Balaban J connectivity index is 1.51. The minimum Gasteiger partial charge on any atom is -0.342 e. The van der Waals surface area contributed by atoms with Crippen molar-refractivity contribution in [2.45, 2.75) is 25.2 Å². The molecule has 4 rings (SSSR count). The van der Waals surface area contributed by atoms with Crippen LogP contribution in [0, 0.1) is 5.82 Å². The molecule has 2 aromatic heterocycles. The van der Waals surface area contributed by atoms with Crippen molar-refractivity contribution in [2.75, 3.05) is 13.1 Å². The van der Waals surface area contributed by atoms with Gasteiger partial charge in [0.2, 0.25) is 5.91 Å². The number of likely N-dealkylation sites (tertiary alicyclic amines) is 1. The molecule has 1 fully saturated rings. The highest BCUT2D eigenvalue weighted by molar-refractivity contribution is 5.79. The Morgan fingerprint density at radius 3 is 2.81 bits per heavy atom. The van der Waals surface area contributed by atoms with Crippen LogP contribution < -0.4 is 0 Å². The Bertz CT molecular complexity index is 937. The second-order valence-corrected chi connectivity index (χ2v) is 6.72. The van der Waals surface area contributed by atoms with Gasteiger partial charge in [0.25, 0.3) is 0 Å². The van der Waals surface area contributed by atoms with E-state index in [-0.39, 0.29) is 24.1 Å². The number of piperidine rings is 1. The molecule has 0 N–H and O–H groups in total. The van der Waals surface area contributed by atoms with Gasteiger partial charge in [0.1, 0.15) is 11.3 Å². The van der Waals surface area contributed by atoms with Crippen LogP contribution in [0.15, 0.2) is 36.7 Å². The molecule has 0 saturated carbocycles. The molecular weight excluding hydrogens is 333 g/mol. The third kappa shape index (κ3) is 3.16. The SMILES string of the molecule is Cn1nc([C@H]2CCCN(C(=O)Cc3ccc(F)cc3)C2)c2nccnc21. The lowest BCUT2D eigenvalue weighted by atomic mass is 9.94. The second-order valence-electron chi connectivity index (χ2n) is 6.72. The van der Waals surface area contributed by atoms with Crippen molar-refractivity contribution < 1.29 is 9.18 Å². The van der Waals surface area contributed by atoms with Gasteiger partial charge in [-0.25, -0.2) is 19.0 Å². The van der Waals surface area contributed by atoms with Crippen molar-refractivity contribution >= 4 is 17.1 Å². The lowest BCUT2D eigenvalue weighted by Crippen LogP contribution is -2.40. The van der Waals surface area contributed by atoms with E-state index >= 15 is 0 Å². The molecule has 0 bridgehead atoms. The maximum Gasteiger partial charge on any atom is 0.227 e. The topological polar surface area (TPSA) is 63.9 Å². The van der Waals surface area contributed by atoms with Crippen molar-refractivity contribution in [2.24, 2.45) is 7.05 Å². The number of rotatable bonds is 3. The molecule has 0 aliphatic carbocycles. The van der Waals surface area contributed by atoms with Gasteiger partial charge >= 0.3 is 0 Å². The zero-order valence-electron chi connectivity index (χ0n) is 14.6. The van der Waals surface area contributed by atoms with Crippen molar-refractivity contribution in [1.82, 2.24) is 24.6 Å². The van der Waals surface area contributed by atoms with Crippen LogP contribution in [0.25, 0.3) is 11.2 Å². The third-order valence-electron chi connectivity index (χ3n) is 4.92. The number of fused-ring (bicyclic) bond motifs is 1. The molecule has 26 heavy (non-hydrogen) atoms. The molecule has 1 atom stereocenters. The number of aromatic nitrogens is 4. The van der Waals surface area contributed by atoms with Gasteiger partial charge in [0.05, 0.1) is 12.1 Å². The molecule has 3 heterocycles. The summed E-state index contributed by atoms with van der Waals surface area (Å²) in [4.78, 5) is 23.3. The standard InChI is InChI=1S/C19H20FN5O/c1-24-19-18(21-8-9-22-19)17(23-24)14-3-2-10-25(12-14)16(26)11-13-4-6-15(20)7-5-13/h4-9,14H,2-3,10-12H2,1H3/t14-/m0/s1. The summed E-state index contributed by atoms with van der Waals surface area (Å²) in [5, 5.41) is 4.61. The van der Waals surface area contributed by atoms with E-state index in [1.807, 2.05) is 11.9 Å². The average molecular weight is 353 g/mol. The molecule has 3 aromatic rings. The summed E-state index contributed by atoms with van der Waals surface area (Å²) in [5.41, 5.74) is 3.31. The van der Waals surface area contributed by atoms with Crippen LogP contribution in [0.1, 0.15) is 30.0 Å². The van der Waals surface area contributed by atoms with E-state index < -0.39 is 0 Å². The molecule has 1 aliphatic rings. The molecule has 0 spiro atoms. The first-order valence-electron chi connectivity index (χ1n) is 8.77. The largest absolute Gasteiger partial charge is 0.342 e. The fraction of sp³-hybridized carbons (Fsp3) is 0.368. The monoisotopic (exact) mass is 353 g/mol. The summed E-state index contributed by atoms with van der Waals surface area (Å²) < 4.78 is 14.8. The Kier molecular flexibility index (Phi) is 4.36. The molecule has 6 nitrogen and oxygen atoms in total. The van der Waals surface area contributed by atoms with Crippen molar-refractivity contribution in [3.63, 3.8) is 0 Å². The lowest BCUT2D eigenvalue weighted by Gasteiger charge is -2.32. The summed E-state index contributed by atoms with van der Waals surface area (Å²) in [6.45, 7) is 1.37. The highest BCUT2D eigenvalue weighted by Gasteiger charge is 2.28. The van der Waals surface area contributed by atoms with Crippen LogP contribution in [0.5, 0.6) is 0 Å². The fourth-order valence-corrected chi connectivity index (χ4v) is 3.60. The normalized spacial score (nSPS) is 17.6. The quantitative estimate of drug-likeness (QED) is 0.726. The van der Waals surface area contributed by atoms with Crippen molar-refractivity contribution in [1.29, 1.82) is 0 Å². The predicted molar refractivity (Wildman–Crippen MR) is 95.0 cm³/mol. The summed E-state index contributed by atoms with van der Waals surface area (Å²) in [7, 11) is 1.86. The van der Waals surface area contributed by atoms with Crippen LogP contribution in [0.3, 0.4) is 0 Å². The van der Waals surface area contributed by atoms with Gasteiger partial charge in [0.15, 0.2) is 5.65 Å². The summed E-state index contributed by atoms with van der Waals surface area (Å²) in [6.07, 6.45) is 5.53. The molecule has 1 amide bonds. The third-order valence-corrected chi connectivity index (χ3v) is 4.92. The Morgan fingerprint density at radius 2 is 2.00 bits per heavy atom. The first-order chi connectivity index (χ1) is 12.6. The average Bonchev–Trinajstić information content (AvgIpc) is 3.01. The smallest absolute Gasteiger partial charge is 0.227 e. The van der Waals surface area contributed by atoms with Crippen molar-refractivity contribution in [3.8, 4) is 0 Å². The summed E-state index contributed by atoms with van der Waals surface area (Å²) >= 11 is 0. The Labute approximate surface area is 150 Å². The number of hydrogen-bond acceptors (Lipinski definition) is 4. The number of carbonyl (C=O) groups excluding carboxylic acids is 1. The zero-order chi connectivity index (χ0) is 18.1. The summed E-state index contributed by atoms with van der Waals surface area (Å²) in [6, 6.07) is 6.10. The number of hydrogen-bond donors (Lipinski definition) is 0. The number of benzene rings is 1. The number of nitrogens with zero attached hydrogens (tertiary/aromatic N) is 5. The van der Waals surface area contributed by atoms with E-state index in [1.165, 1.54) is 12.1 Å². The van der Waals surface area contributed by atoms with Gasteiger partial charge in [-0.15, -0.1) is 0 Å². The first-order valence-corrected chi connectivity index (χ1v) is 8.77. The minimum absolute atomic E-state index is 0.0626. The van der Waals surface area contributed by atoms with Gasteiger partial charge in [-0.05, 0) is 30.5 Å². The first kappa shape index (κ1) is 16.6. The van der Waals surface area contributed by atoms with Gasteiger partial charge in [-0.3, -0.25) is 4.79 Å². The molecule has 1 aromatic carbocycles. The molecule has 1 aliphatic heterocycles. The van der Waals surface area contributed by atoms with E-state index in [1.54, 1.807) is 29.2 Å². The van der Waals surface area contributed by atoms with Gasteiger partial charge in [-0.2, -0.15) is 5.10 Å². The van der Waals surface area contributed by atoms with Crippen LogP contribution >= 0.6 is 0 Å². The Hall–Kier alpha value is -2.83. The number of carbonyl (C=O) groups is 1. The lowest BCUT2D eigenvalue weighted by molar-refractivity contribution is -0.131. The number of halogens is 1. The van der Waals surface area contributed by atoms with Gasteiger partial charge in [0, 0.05) is 38.4 Å². The Morgan fingerprint density at radius 1 is 1.23 bits per heavy atom. The van der Waals surface area contributed by atoms with Crippen molar-refractivity contribution in [3.05, 3.63) is 53.7 Å². The van der Waals surface area contributed by atoms with E-state index in [0.29, 0.717) is 6.54 Å². The highest BCUT2D eigenvalue weighted by atomic mass is 19.1. The molecule has 1 saturated heterocycles. The minimum atomic E-state index is -0.289. The van der Waals surface area contributed by atoms with E-state index in [9.17, 15) is 9.18 Å². The van der Waals surface area contributed by atoms with Crippen LogP contribution in [0.4, 0.5) is 4.39 Å². The van der Waals surface area contributed by atoms with Crippen LogP contribution in [-0.4, -0.2) is 43.6 Å².